The second kappa shape index (κ2) is 14.9. The first-order valence-electron chi connectivity index (χ1n) is 13.3. The van der Waals surface area contributed by atoms with Crippen molar-refractivity contribution in [1.82, 2.24) is 10.6 Å². The van der Waals surface area contributed by atoms with E-state index in [0.29, 0.717) is 24.9 Å². The summed E-state index contributed by atoms with van der Waals surface area (Å²) in [5.74, 6) is 0.670. The van der Waals surface area contributed by atoms with Crippen molar-refractivity contribution in [3.05, 3.63) is 0 Å². The van der Waals surface area contributed by atoms with Crippen molar-refractivity contribution < 1.29 is 27.6 Å². The van der Waals surface area contributed by atoms with E-state index in [0.717, 1.165) is 44.9 Å². The second-order valence-electron chi connectivity index (χ2n) is 11.4. The van der Waals surface area contributed by atoms with Gasteiger partial charge in [0, 0.05) is 51.1 Å². The summed E-state index contributed by atoms with van der Waals surface area (Å²) >= 11 is 1.28. The Balaban J connectivity index is 2.57. The number of hydrogen-bond donors (Lipinski definition) is 2. The molecule has 2 amide bonds. The summed E-state index contributed by atoms with van der Waals surface area (Å²) in [6.45, 7) is 14.2. The third-order valence-corrected chi connectivity index (χ3v) is 11.7. The van der Waals surface area contributed by atoms with Gasteiger partial charge in [0.1, 0.15) is 0 Å². The van der Waals surface area contributed by atoms with Crippen LogP contribution >= 0.6 is 11.8 Å². The summed E-state index contributed by atoms with van der Waals surface area (Å²) in [4.78, 5) is 25.2. The molecule has 2 unspecified atom stereocenters. The second-order valence-corrected chi connectivity index (χ2v) is 15.6. The summed E-state index contributed by atoms with van der Waals surface area (Å²) in [5, 5.41) is 6.20. The molecule has 0 aromatic heterocycles. The Labute approximate surface area is 225 Å². The van der Waals surface area contributed by atoms with Crippen LogP contribution < -0.4 is 10.6 Å². The van der Waals surface area contributed by atoms with E-state index in [1.54, 1.807) is 21.3 Å². The van der Waals surface area contributed by atoms with Crippen LogP contribution in [0.1, 0.15) is 86.5 Å². The van der Waals surface area contributed by atoms with Gasteiger partial charge in [0.05, 0.1) is 6.61 Å². The van der Waals surface area contributed by atoms with Crippen molar-refractivity contribution in [3.8, 4) is 0 Å². The van der Waals surface area contributed by atoms with Gasteiger partial charge in [-0.25, -0.2) is 4.79 Å². The molecule has 8 nitrogen and oxygen atoms in total. The number of amides is 2. The maximum absolute atomic E-state index is 12.6. The number of nitrogens with one attached hydrogen (secondary N) is 2. The SMILES string of the molecule is CCC(CC)(CC)COC(=O)NC1CC(C)(C)CC(C)(CNC(=O)SCCC[Si](OC)(OC)OC)C1. The van der Waals surface area contributed by atoms with Gasteiger partial charge in [0.2, 0.25) is 0 Å². The third kappa shape index (κ3) is 10.5. The maximum Gasteiger partial charge on any atom is 0.500 e. The highest BCUT2D eigenvalue weighted by molar-refractivity contribution is 8.13. The molecule has 0 spiro atoms. The third-order valence-electron chi connectivity index (χ3n) is 7.98. The Morgan fingerprint density at radius 1 is 1.00 bits per heavy atom. The van der Waals surface area contributed by atoms with E-state index in [1.165, 1.54) is 11.8 Å². The van der Waals surface area contributed by atoms with Crippen molar-refractivity contribution in [3.63, 3.8) is 0 Å². The summed E-state index contributed by atoms with van der Waals surface area (Å²) in [6, 6.07) is 0.687. The number of thioether (sulfide) groups is 1. The van der Waals surface area contributed by atoms with Crippen molar-refractivity contribution in [2.24, 2.45) is 16.2 Å². The first-order chi connectivity index (χ1) is 16.9. The molecular formula is C26H52N2O6SSi. The van der Waals surface area contributed by atoms with E-state index in [1.807, 2.05) is 0 Å². The molecule has 1 fully saturated rings. The Hall–Kier alpha value is -0.813. The van der Waals surface area contributed by atoms with Crippen molar-refractivity contribution >= 4 is 31.9 Å². The highest BCUT2D eigenvalue weighted by atomic mass is 32.2. The molecule has 2 atom stereocenters. The fourth-order valence-corrected chi connectivity index (χ4v) is 8.33. The van der Waals surface area contributed by atoms with Crippen LogP contribution in [0.4, 0.5) is 9.59 Å². The molecule has 2 N–H and O–H groups in total. The van der Waals surface area contributed by atoms with Crippen LogP contribution in [-0.2, 0) is 18.0 Å². The molecule has 0 saturated heterocycles. The zero-order valence-corrected chi connectivity index (χ0v) is 26.0. The Kier molecular flexibility index (Phi) is 13.8. The molecule has 1 aliphatic rings. The zero-order chi connectivity index (χ0) is 27.5. The van der Waals surface area contributed by atoms with Gasteiger partial charge < -0.3 is 28.6 Å². The fourth-order valence-electron chi connectivity index (χ4n) is 5.70. The van der Waals surface area contributed by atoms with E-state index in [2.05, 4.69) is 52.2 Å². The number of ether oxygens (including phenoxy) is 1. The quantitative estimate of drug-likeness (QED) is 0.185. The zero-order valence-electron chi connectivity index (χ0n) is 24.2. The maximum atomic E-state index is 12.6. The van der Waals surface area contributed by atoms with Crippen LogP contribution in [0.25, 0.3) is 0 Å². The van der Waals surface area contributed by atoms with Crippen LogP contribution in [0.2, 0.25) is 6.04 Å². The van der Waals surface area contributed by atoms with Crippen molar-refractivity contribution in [1.29, 1.82) is 0 Å². The van der Waals surface area contributed by atoms with E-state index in [4.69, 9.17) is 18.0 Å². The van der Waals surface area contributed by atoms with Crippen LogP contribution in [0.3, 0.4) is 0 Å². The number of rotatable bonds is 15. The molecule has 0 bridgehead atoms. The Morgan fingerprint density at radius 2 is 1.58 bits per heavy atom. The Morgan fingerprint density at radius 3 is 2.11 bits per heavy atom. The van der Waals surface area contributed by atoms with Gasteiger partial charge in [0.25, 0.3) is 5.24 Å². The molecule has 36 heavy (non-hydrogen) atoms. The number of alkyl carbamates (subject to hydrolysis) is 1. The fraction of sp³-hybridized carbons (Fsp3) is 0.923. The molecule has 0 aromatic carbocycles. The lowest BCUT2D eigenvalue weighted by Crippen LogP contribution is -2.50. The highest BCUT2D eigenvalue weighted by Crippen LogP contribution is 2.46. The molecule has 0 radical (unpaired) electrons. The standard InChI is InChI=1S/C26H52N2O6SSi/c1-10-26(11-2,12-3)20-34-22(29)28-21-16-24(4,5)18-25(6,17-21)19-27-23(30)35-14-13-15-36(31-7,32-8)33-9/h21H,10-20H2,1-9H3,(H,27,30)(H,28,29). The summed E-state index contributed by atoms with van der Waals surface area (Å²) in [5.41, 5.74) is -0.00257. The average Bonchev–Trinajstić information content (AvgIpc) is 2.83. The molecule has 1 rings (SSSR count). The minimum absolute atomic E-state index is 0.0188. The topological polar surface area (TPSA) is 95.1 Å². The van der Waals surface area contributed by atoms with Crippen LogP contribution in [0.5, 0.6) is 0 Å². The van der Waals surface area contributed by atoms with Gasteiger partial charge in [0.15, 0.2) is 0 Å². The molecule has 0 aromatic rings. The van der Waals surface area contributed by atoms with Gasteiger partial charge >= 0.3 is 14.9 Å². The predicted molar refractivity (Wildman–Crippen MR) is 149 cm³/mol. The van der Waals surface area contributed by atoms with Crippen LogP contribution in [0, 0.1) is 16.2 Å². The monoisotopic (exact) mass is 548 g/mol. The summed E-state index contributed by atoms with van der Waals surface area (Å²) < 4.78 is 22.0. The summed E-state index contributed by atoms with van der Waals surface area (Å²) in [6.07, 6.45) is 6.10. The van der Waals surface area contributed by atoms with Gasteiger partial charge in [-0.15, -0.1) is 0 Å². The minimum atomic E-state index is -2.60. The molecule has 212 valence electrons. The van der Waals surface area contributed by atoms with Crippen molar-refractivity contribution in [2.75, 3.05) is 40.2 Å². The van der Waals surface area contributed by atoms with E-state index >= 15 is 0 Å². The highest BCUT2D eigenvalue weighted by Gasteiger charge is 2.42. The minimum Gasteiger partial charge on any atom is -0.449 e. The lowest BCUT2D eigenvalue weighted by atomic mass is 9.62. The molecular weight excluding hydrogens is 496 g/mol. The van der Waals surface area contributed by atoms with E-state index in [9.17, 15) is 9.59 Å². The number of carbonyl (C=O) groups excluding carboxylic acids is 2. The first kappa shape index (κ1) is 33.2. The van der Waals surface area contributed by atoms with Gasteiger partial charge in [-0.2, -0.15) is 0 Å². The van der Waals surface area contributed by atoms with E-state index in [-0.39, 0.29) is 33.6 Å². The first-order valence-corrected chi connectivity index (χ1v) is 16.3. The molecule has 10 heteroatoms. The van der Waals surface area contributed by atoms with E-state index < -0.39 is 8.80 Å². The van der Waals surface area contributed by atoms with Gasteiger partial charge in [-0.1, -0.05) is 53.3 Å². The largest absolute Gasteiger partial charge is 0.500 e. The lowest BCUT2D eigenvalue weighted by molar-refractivity contribution is 0.0502. The van der Waals surface area contributed by atoms with Gasteiger partial charge in [-0.05, 0) is 55.8 Å². The average molecular weight is 549 g/mol. The lowest BCUT2D eigenvalue weighted by Gasteiger charge is -2.46. The van der Waals surface area contributed by atoms with Crippen molar-refractivity contribution in [2.45, 2.75) is 98.6 Å². The molecule has 0 aliphatic heterocycles. The molecule has 1 aliphatic carbocycles. The van der Waals surface area contributed by atoms with Crippen LogP contribution in [-0.4, -0.2) is 66.4 Å². The smallest absolute Gasteiger partial charge is 0.449 e. The molecule has 1 saturated carbocycles. The number of carbonyl (C=O) groups is 2. The normalized spacial score (nSPS) is 22.2. The van der Waals surface area contributed by atoms with Crippen LogP contribution in [0.15, 0.2) is 0 Å². The molecule has 0 heterocycles. The summed E-state index contributed by atoms with van der Waals surface area (Å²) in [7, 11) is 2.20. The number of hydrogen-bond acceptors (Lipinski definition) is 7. The van der Waals surface area contributed by atoms with Gasteiger partial charge in [-0.3, -0.25) is 4.79 Å². The Bertz CT molecular complexity index is 671. The predicted octanol–water partition coefficient (Wildman–Crippen LogP) is 6.23.